The molecule has 0 N–H and O–H groups in total. The van der Waals surface area contributed by atoms with Gasteiger partial charge in [-0.25, -0.2) is 0 Å². The lowest BCUT2D eigenvalue weighted by molar-refractivity contribution is 0.614. The fourth-order valence-electron chi connectivity index (χ4n) is 11.0. The molecule has 0 bridgehead atoms. The summed E-state index contributed by atoms with van der Waals surface area (Å²) in [6.45, 7) is 0. The largest absolute Gasteiger partial charge is 0.309 e. The first-order valence-electron chi connectivity index (χ1n) is 20.4. The third-order valence-electron chi connectivity index (χ3n) is 13.5. The highest BCUT2D eigenvalue weighted by atomic mass is 15.0. The lowest BCUT2D eigenvalue weighted by atomic mass is 9.76. The highest BCUT2D eigenvalue weighted by Crippen LogP contribution is 2.52. The van der Waals surface area contributed by atoms with Gasteiger partial charge in [-0.2, -0.15) is 0 Å². The smallest absolute Gasteiger partial charge is 0.0541 e. The molecular weight excluding hydrogens is 687 g/mol. The fourth-order valence-corrected chi connectivity index (χ4v) is 11.0. The van der Waals surface area contributed by atoms with Crippen molar-refractivity contribution in [2.75, 3.05) is 0 Å². The van der Waals surface area contributed by atoms with Crippen LogP contribution in [0, 0.1) is 5.92 Å². The molecule has 266 valence electrons. The topological polar surface area (TPSA) is 4.93 Å². The molecule has 13 rings (SSSR count). The first-order chi connectivity index (χ1) is 28.3. The summed E-state index contributed by atoms with van der Waals surface area (Å²) in [6, 6.07) is 64.0. The predicted molar refractivity (Wildman–Crippen MR) is 240 cm³/mol. The number of rotatable bonds is 3. The maximum atomic E-state index is 2.49. The van der Waals surface area contributed by atoms with Gasteiger partial charge < -0.3 is 4.57 Å². The normalized spacial score (nSPS) is 16.7. The maximum Gasteiger partial charge on any atom is 0.0541 e. The summed E-state index contributed by atoms with van der Waals surface area (Å²) in [5, 5.41) is 10.4. The number of aromatic nitrogens is 1. The van der Waals surface area contributed by atoms with E-state index in [2.05, 4.69) is 193 Å². The minimum Gasteiger partial charge on any atom is -0.309 e. The van der Waals surface area contributed by atoms with Crippen LogP contribution < -0.4 is 0 Å². The van der Waals surface area contributed by atoms with Gasteiger partial charge in [0, 0.05) is 22.4 Å². The Bertz CT molecular complexity index is 3390. The molecule has 10 aromatic rings. The molecule has 0 saturated heterocycles. The molecule has 1 aromatic heterocycles. The Morgan fingerprint density at radius 3 is 1.91 bits per heavy atom. The Kier molecular flexibility index (Phi) is 6.46. The molecule has 0 amide bonds. The maximum absolute atomic E-state index is 2.49. The van der Waals surface area contributed by atoms with Crippen LogP contribution in [0.1, 0.15) is 33.7 Å². The molecule has 57 heavy (non-hydrogen) atoms. The minimum atomic E-state index is 0.348. The van der Waals surface area contributed by atoms with Crippen molar-refractivity contribution in [3.8, 4) is 27.9 Å². The quantitative estimate of drug-likeness (QED) is 0.160. The van der Waals surface area contributed by atoms with Crippen molar-refractivity contribution in [2.45, 2.75) is 18.8 Å². The summed E-state index contributed by atoms with van der Waals surface area (Å²) in [4.78, 5) is 0. The van der Waals surface area contributed by atoms with E-state index in [-0.39, 0.29) is 0 Å². The summed E-state index contributed by atoms with van der Waals surface area (Å²) in [7, 11) is 0. The first-order valence-corrected chi connectivity index (χ1v) is 20.4. The van der Waals surface area contributed by atoms with Crippen molar-refractivity contribution in [3.63, 3.8) is 0 Å². The Morgan fingerprint density at radius 2 is 1.09 bits per heavy atom. The molecule has 3 aliphatic rings. The highest BCUT2D eigenvalue weighted by Gasteiger charge is 2.36. The zero-order valence-electron chi connectivity index (χ0n) is 31.4. The van der Waals surface area contributed by atoms with E-state index < -0.39 is 0 Å². The second kappa shape index (κ2) is 11.8. The van der Waals surface area contributed by atoms with Gasteiger partial charge in [0.05, 0.1) is 11.0 Å². The van der Waals surface area contributed by atoms with Gasteiger partial charge >= 0.3 is 0 Å². The minimum absolute atomic E-state index is 0.348. The number of para-hydroxylation sites is 1. The van der Waals surface area contributed by atoms with Crippen LogP contribution in [-0.2, 0) is 12.8 Å². The van der Waals surface area contributed by atoms with Gasteiger partial charge in [-0.05, 0) is 143 Å². The number of benzene rings is 9. The standard InChI is InChI=1S/C56H37N/c1-2-13-41-36(11-1)29-37-12-9-21-50(56(37)41)47-20-10-19-42-40-27-25-39(30-38(40)33-52(42)47)57-54-22-8-7-18-49(54)53-32-35(24-28-55(53)57)34-23-26-48-45-16-4-3-14-43(45)44-15-5-6-17-46(44)51(48)31-34/h1-28,30-32,47,52H,29,33H2. The molecule has 0 saturated carbocycles. The number of nitrogens with zero attached hydrogens (tertiary/aromatic N) is 1. The number of allylic oxidation sites excluding steroid dienone is 4. The van der Waals surface area contributed by atoms with Gasteiger partial charge in [0.1, 0.15) is 0 Å². The van der Waals surface area contributed by atoms with Crippen molar-refractivity contribution >= 4 is 59.7 Å². The Hall–Kier alpha value is -6.96. The van der Waals surface area contributed by atoms with Crippen molar-refractivity contribution < 1.29 is 0 Å². The van der Waals surface area contributed by atoms with Gasteiger partial charge in [0.15, 0.2) is 0 Å². The summed E-state index contributed by atoms with van der Waals surface area (Å²) in [6.07, 6.45) is 9.23. The number of hydrogen-bond acceptors (Lipinski definition) is 0. The molecule has 2 atom stereocenters. The van der Waals surface area contributed by atoms with Gasteiger partial charge in [0.25, 0.3) is 0 Å². The number of fused-ring (bicyclic) bond motifs is 15. The summed E-state index contributed by atoms with van der Waals surface area (Å²) in [5.41, 5.74) is 17.8. The van der Waals surface area contributed by atoms with Crippen molar-refractivity contribution in [2.24, 2.45) is 5.92 Å². The molecule has 0 aliphatic heterocycles. The monoisotopic (exact) mass is 723 g/mol. The van der Waals surface area contributed by atoms with Gasteiger partial charge in [0.2, 0.25) is 0 Å². The Balaban J connectivity index is 0.911. The first kappa shape index (κ1) is 31.3. The van der Waals surface area contributed by atoms with Crippen molar-refractivity contribution in [1.29, 1.82) is 0 Å². The molecule has 0 fully saturated rings. The van der Waals surface area contributed by atoms with E-state index in [4.69, 9.17) is 0 Å². The summed E-state index contributed by atoms with van der Waals surface area (Å²) in [5.74, 6) is 0.776. The van der Waals surface area contributed by atoms with Crippen LogP contribution in [0.2, 0.25) is 0 Å². The average Bonchev–Trinajstić information content (AvgIpc) is 3.95. The van der Waals surface area contributed by atoms with Crippen LogP contribution in [0.15, 0.2) is 188 Å². The van der Waals surface area contributed by atoms with E-state index in [1.54, 1.807) is 0 Å². The van der Waals surface area contributed by atoms with Crippen molar-refractivity contribution in [3.05, 3.63) is 216 Å². The second-order valence-corrected chi connectivity index (χ2v) is 16.3. The van der Waals surface area contributed by atoms with Crippen LogP contribution in [0.4, 0.5) is 0 Å². The van der Waals surface area contributed by atoms with Crippen LogP contribution in [0.5, 0.6) is 0 Å². The third kappa shape index (κ3) is 4.46. The average molecular weight is 724 g/mol. The van der Waals surface area contributed by atoms with Crippen LogP contribution in [0.25, 0.3) is 87.6 Å². The van der Waals surface area contributed by atoms with E-state index in [0.29, 0.717) is 11.8 Å². The summed E-state index contributed by atoms with van der Waals surface area (Å²) >= 11 is 0. The molecule has 0 spiro atoms. The van der Waals surface area contributed by atoms with Crippen molar-refractivity contribution in [1.82, 2.24) is 4.57 Å². The molecule has 3 aliphatic carbocycles. The summed E-state index contributed by atoms with van der Waals surface area (Å²) < 4.78 is 2.49. The van der Waals surface area contributed by atoms with Gasteiger partial charge in [-0.1, -0.05) is 152 Å². The zero-order chi connectivity index (χ0) is 37.2. The van der Waals surface area contributed by atoms with E-state index in [1.165, 1.54) is 115 Å². The van der Waals surface area contributed by atoms with E-state index in [9.17, 15) is 0 Å². The lowest BCUT2D eigenvalue weighted by Gasteiger charge is -2.27. The molecule has 9 aromatic carbocycles. The fraction of sp³-hybridized carbons (Fsp3) is 0.0714. The molecule has 2 unspecified atom stereocenters. The van der Waals surface area contributed by atoms with E-state index in [1.807, 2.05) is 0 Å². The van der Waals surface area contributed by atoms with Crippen LogP contribution in [-0.4, -0.2) is 4.57 Å². The molecule has 0 radical (unpaired) electrons. The molecule has 1 heteroatoms. The molecule has 1 heterocycles. The van der Waals surface area contributed by atoms with Gasteiger partial charge in [-0.3, -0.25) is 0 Å². The number of hydrogen-bond donors (Lipinski definition) is 0. The molecule has 1 nitrogen and oxygen atoms in total. The third-order valence-corrected chi connectivity index (χ3v) is 13.5. The van der Waals surface area contributed by atoms with Crippen LogP contribution in [0.3, 0.4) is 0 Å². The lowest BCUT2D eigenvalue weighted by Crippen LogP contribution is -2.14. The highest BCUT2D eigenvalue weighted by molar-refractivity contribution is 6.25. The Morgan fingerprint density at radius 1 is 0.439 bits per heavy atom. The van der Waals surface area contributed by atoms with E-state index >= 15 is 0 Å². The molecular formula is C56H37N. The Labute approximate surface area is 331 Å². The zero-order valence-corrected chi connectivity index (χ0v) is 31.4. The predicted octanol–water partition coefficient (Wildman–Crippen LogP) is 14.4. The SMILES string of the molecule is C1=CC(c2cccc3c2-c2ccccc2C3)C2Cc3cc(-n4c5ccccc5c5cc(-c6ccc7c8ccccc8c8ccccc8c7c6)ccc54)ccc3C2=C1. The van der Waals surface area contributed by atoms with E-state index in [0.717, 1.165) is 12.8 Å². The second-order valence-electron chi connectivity index (χ2n) is 16.3. The van der Waals surface area contributed by atoms with Gasteiger partial charge in [-0.15, -0.1) is 0 Å². The van der Waals surface area contributed by atoms with Crippen LogP contribution >= 0.6 is 0 Å².